The number of hydrogen-bond donors (Lipinski definition) is 5. The van der Waals surface area contributed by atoms with E-state index in [-0.39, 0.29) is 22.7 Å². The van der Waals surface area contributed by atoms with Gasteiger partial charge in [0.05, 0.1) is 17.9 Å². The molecule has 4 atom stereocenters. The average molecular weight is 528 g/mol. The minimum absolute atomic E-state index is 0.00759. The molecule has 0 aliphatic carbocycles. The van der Waals surface area contributed by atoms with Crippen LogP contribution in [0, 0.1) is 10.1 Å². The van der Waals surface area contributed by atoms with E-state index in [9.17, 15) is 24.9 Å². The first kappa shape index (κ1) is 25.4. The number of phosphoric acid groups is 1. The summed E-state index contributed by atoms with van der Waals surface area (Å²) in [6, 6.07) is 6.20. The van der Waals surface area contributed by atoms with Gasteiger partial charge in [-0.05, 0) is 12.0 Å². The van der Waals surface area contributed by atoms with E-state index < -0.39 is 43.9 Å². The summed E-state index contributed by atoms with van der Waals surface area (Å²) in [5, 5.41) is 31.8. The summed E-state index contributed by atoms with van der Waals surface area (Å²) >= 11 is 1.29. The molecule has 0 saturated carbocycles. The van der Waals surface area contributed by atoms with Gasteiger partial charge in [0.1, 0.15) is 23.8 Å². The molecule has 3 aromatic rings. The topological polar surface area (TPSA) is 229 Å². The van der Waals surface area contributed by atoms with Crippen LogP contribution < -0.4 is 5.73 Å². The highest BCUT2D eigenvalue weighted by Crippen LogP contribution is 2.39. The number of imidazole rings is 1. The summed E-state index contributed by atoms with van der Waals surface area (Å²) in [4.78, 5) is 40.8. The Morgan fingerprint density at radius 3 is 2.60 bits per heavy atom. The molecule has 0 spiro atoms. The number of non-ortho nitro benzene ring substituents is 1. The van der Waals surface area contributed by atoms with E-state index in [4.69, 9.17) is 20.3 Å². The Bertz CT molecular complexity index is 1270. The third-order valence-electron chi connectivity index (χ3n) is 5.22. The third-order valence-corrected chi connectivity index (χ3v) is 6.55. The Balaban J connectivity index is 1.48. The second-order valence-corrected chi connectivity index (χ2v) is 9.87. The van der Waals surface area contributed by atoms with E-state index in [1.807, 2.05) is 0 Å². The molecule has 35 heavy (non-hydrogen) atoms. The molecule has 3 heterocycles. The van der Waals surface area contributed by atoms with Crippen LogP contribution >= 0.6 is 19.6 Å². The lowest BCUT2D eigenvalue weighted by Gasteiger charge is -2.17. The smallest absolute Gasteiger partial charge is 0.387 e. The van der Waals surface area contributed by atoms with Crippen molar-refractivity contribution in [1.82, 2.24) is 19.5 Å². The van der Waals surface area contributed by atoms with Crippen LogP contribution in [0.3, 0.4) is 0 Å². The number of nitrogens with zero attached hydrogens (tertiary/aromatic N) is 5. The highest BCUT2D eigenvalue weighted by molar-refractivity contribution is 7.99. The first-order valence-corrected chi connectivity index (χ1v) is 12.6. The number of benzene rings is 1. The number of thioether (sulfide) groups is 1. The number of nitrogens with two attached hydrogens (primary N) is 1. The van der Waals surface area contributed by atoms with Crippen molar-refractivity contribution in [3.05, 3.63) is 46.3 Å². The van der Waals surface area contributed by atoms with Gasteiger partial charge in [-0.1, -0.05) is 23.9 Å². The van der Waals surface area contributed by atoms with E-state index in [2.05, 4.69) is 19.5 Å². The van der Waals surface area contributed by atoms with Gasteiger partial charge < -0.3 is 30.5 Å². The van der Waals surface area contributed by atoms with E-state index in [0.717, 1.165) is 5.56 Å². The number of aliphatic hydroxyl groups excluding tert-OH is 2. The summed E-state index contributed by atoms with van der Waals surface area (Å²) in [5.41, 5.74) is 7.38. The fourth-order valence-electron chi connectivity index (χ4n) is 3.48. The molecule has 1 aromatic carbocycles. The number of fused-ring (bicyclic) bond motifs is 1. The van der Waals surface area contributed by atoms with Crippen molar-refractivity contribution in [1.29, 1.82) is 0 Å². The quantitative estimate of drug-likeness (QED) is 0.0831. The van der Waals surface area contributed by atoms with E-state index in [1.165, 1.54) is 34.8 Å². The molecule has 1 aliphatic heterocycles. The monoisotopic (exact) mass is 528 g/mol. The summed E-state index contributed by atoms with van der Waals surface area (Å²) in [6.07, 6.45) is -3.46. The molecule has 15 nitrogen and oxygen atoms in total. The van der Waals surface area contributed by atoms with Crippen molar-refractivity contribution < 1.29 is 38.7 Å². The average Bonchev–Trinajstić information content (AvgIpc) is 3.34. The predicted octanol–water partition coefficient (Wildman–Crippen LogP) is 0.380. The molecular weight excluding hydrogens is 507 g/mol. The minimum Gasteiger partial charge on any atom is -0.387 e. The maximum Gasteiger partial charge on any atom is 0.469 e. The highest BCUT2D eigenvalue weighted by atomic mass is 32.2. The lowest BCUT2D eigenvalue weighted by molar-refractivity contribution is -0.384. The van der Waals surface area contributed by atoms with Crippen LogP contribution in [0.5, 0.6) is 0 Å². The summed E-state index contributed by atoms with van der Waals surface area (Å²) in [5.74, 6) is 0.626. The lowest BCUT2D eigenvalue weighted by Crippen LogP contribution is -2.33. The molecule has 4 unspecified atom stereocenters. The van der Waals surface area contributed by atoms with Gasteiger partial charge in [0.15, 0.2) is 22.8 Å². The summed E-state index contributed by atoms with van der Waals surface area (Å²) in [6.45, 7) is -0.646. The molecule has 4 rings (SSSR count). The molecule has 1 fully saturated rings. The van der Waals surface area contributed by atoms with Crippen molar-refractivity contribution in [2.75, 3.05) is 18.1 Å². The fourth-order valence-corrected chi connectivity index (χ4v) is 4.66. The Labute approximate surface area is 201 Å². The largest absolute Gasteiger partial charge is 0.469 e. The van der Waals surface area contributed by atoms with Gasteiger partial charge in [0, 0.05) is 17.9 Å². The molecule has 1 saturated heterocycles. The van der Waals surface area contributed by atoms with Crippen molar-refractivity contribution in [3.63, 3.8) is 0 Å². The zero-order chi connectivity index (χ0) is 25.3. The number of aromatic nitrogens is 4. The van der Waals surface area contributed by atoms with Gasteiger partial charge in [0.2, 0.25) is 0 Å². The molecule has 2 aromatic heterocycles. The van der Waals surface area contributed by atoms with Gasteiger partial charge in [-0.25, -0.2) is 19.5 Å². The number of nitro benzene ring substituents is 1. The number of phosphoric ester groups is 1. The molecule has 0 bridgehead atoms. The van der Waals surface area contributed by atoms with Crippen molar-refractivity contribution >= 4 is 42.3 Å². The number of anilines is 1. The van der Waals surface area contributed by atoms with Crippen LogP contribution in [0.2, 0.25) is 0 Å². The van der Waals surface area contributed by atoms with Gasteiger partial charge in [-0.2, -0.15) is 0 Å². The number of rotatable bonds is 9. The van der Waals surface area contributed by atoms with E-state index in [0.29, 0.717) is 17.3 Å². The SMILES string of the molecule is Nc1nc(SCCc2ccc([N+](=O)[O-])cc2)nc2c1ncn2C1OC(COP(=O)(O)O)C(O)C1O. The first-order chi connectivity index (χ1) is 16.5. The Kier molecular flexibility index (Phi) is 7.35. The Morgan fingerprint density at radius 1 is 1.23 bits per heavy atom. The molecule has 1 aliphatic rings. The molecule has 188 valence electrons. The fraction of sp³-hybridized carbons (Fsp3) is 0.389. The van der Waals surface area contributed by atoms with Crippen molar-refractivity contribution in [2.24, 2.45) is 0 Å². The van der Waals surface area contributed by atoms with Gasteiger partial charge in [-0.3, -0.25) is 19.2 Å². The third kappa shape index (κ3) is 5.76. The standard InChI is InChI=1S/C18H21N6O9PS/c19-15-12-16(22-18(21-15)35-6-5-9-1-3-10(4-2-9)24(27)28)23(8-20-12)17-14(26)13(25)11(33-17)7-32-34(29,30)31/h1-4,8,11,13-14,17,25-26H,5-7H2,(H2,19,21,22)(H2,29,30,31). The van der Waals surface area contributed by atoms with Gasteiger partial charge in [-0.15, -0.1) is 0 Å². The minimum atomic E-state index is -4.80. The maximum atomic E-state index is 11.0. The lowest BCUT2D eigenvalue weighted by atomic mass is 10.1. The van der Waals surface area contributed by atoms with Crippen molar-refractivity contribution in [3.8, 4) is 0 Å². The molecule has 17 heteroatoms. The number of nitrogen functional groups attached to an aromatic ring is 1. The van der Waals surface area contributed by atoms with Crippen LogP contribution in [-0.2, 0) is 20.2 Å². The predicted molar refractivity (Wildman–Crippen MR) is 121 cm³/mol. The van der Waals surface area contributed by atoms with Crippen LogP contribution in [-0.4, -0.2) is 75.1 Å². The van der Waals surface area contributed by atoms with Crippen LogP contribution in [0.4, 0.5) is 11.5 Å². The Morgan fingerprint density at radius 2 is 1.94 bits per heavy atom. The normalized spacial score (nSPS) is 22.6. The van der Waals surface area contributed by atoms with Gasteiger partial charge in [0.25, 0.3) is 5.69 Å². The van der Waals surface area contributed by atoms with Crippen LogP contribution in [0.15, 0.2) is 35.7 Å². The highest BCUT2D eigenvalue weighted by Gasteiger charge is 2.45. The zero-order valence-electron chi connectivity index (χ0n) is 17.8. The number of ether oxygens (including phenoxy) is 1. The number of hydrogen-bond acceptors (Lipinski definition) is 12. The molecule has 6 N–H and O–H groups in total. The van der Waals surface area contributed by atoms with Gasteiger partial charge >= 0.3 is 7.82 Å². The summed E-state index contributed by atoms with van der Waals surface area (Å²) < 4.78 is 22.3. The van der Waals surface area contributed by atoms with E-state index >= 15 is 0 Å². The number of aliphatic hydroxyl groups is 2. The molecular formula is C18H21N6O9PS. The summed E-state index contributed by atoms with van der Waals surface area (Å²) in [7, 11) is -4.80. The second-order valence-electron chi connectivity index (χ2n) is 7.57. The number of nitro groups is 1. The van der Waals surface area contributed by atoms with Crippen molar-refractivity contribution in [2.45, 2.75) is 36.1 Å². The molecule has 0 radical (unpaired) electrons. The number of aryl methyl sites for hydroxylation is 1. The zero-order valence-corrected chi connectivity index (χ0v) is 19.5. The van der Waals surface area contributed by atoms with E-state index in [1.54, 1.807) is 12.1 Å². The van der Waals surface area contributed by atoms with Crippen LogP contribution in [0.1, 0.15) is 11.8 Å². The second kappa shape index (κ2) is 10.1. The molecule has 0 amide bonds. The van der Waals surface area contributed by atoms with Crippen LogP contribution in [0.25, 0.3) is 11.2 Å². The maximum absolute atomic E-state index is 11.0. The Hall–Kier alpha value is -2.69. The first-order valence-electron chi connectivity index (χ1n) is 10.1.